The minimum absolute atomic E-state index is 0.0378. The van der Waals surface area contributed by atoms with Crippen LogP contribution in [0.5, 0.6) is 0 Å². The van der Waals surface area contributed by atoms with Gasteiger partial charge in [-0.2, -0.15) is 0 Å². The molecule has 1 saturated heterocycles. The molecule has 1 aromatic heterocycles. The zero-order valence-electron chi connectivity index (χ0n) is 11.1. The SMILES string of the molecule is CN(CCC(N)=O)[C@H]1CCN(C(=O)c2ccc[nH]2)C1. The topological polar surface area (TPSA) is 82.4 Å². The van der Waals surface area contributed by atoms with Gasteiger partial charge in [-0.05, 0) is 25.6 Å². The fourth-order valence-corrected chi connectivity index (χ4v) is 2.39. The van der Waals surface area contributed by atoms with Crippen LogP contribution in [0, 0.1) is 0 Å². The van der Waals surface area contributed by atoms with Crippen LogP contribution in [-0.4, -0.2) is 59.3 Å². The van der Waals surface area contributed by atoms with Gasteiger partial charge in [0.05, 0.1) is 0 Å². The van der Waals surface area contributed by atoms with Gasteiger partial charge in [0.1, 0.15) is 5.69 Å². The molecule has 104 valence electrons. The molecule has 6 nitrogen and oxygen atoms in total. The van der Waals surface area contributed by atoms with E-state index in [4.69, 9.17) is 5.73 Å². The minimum Gasteiger partial charge on any atom is -0.370 e. The van der Waals surface area contributed by atoms with Crippen molar-refractivity contribution in [2.45, 2.75) is 18.9 Å². The van der Waals surface area contributed by atoms with Gasteiger partial charge in [-0.3, -0.25) is 9.59 Å². The maximum atomic E-state index is 12.1. The third-order valence-electron chi connectivity index (χ3n) is 3.61. The molecule has 2 heterocycles. The summed E-state index contributed by atoms with van der Waals surface area (Å²) in [7, 11) is 1.97. The lowest BCUT2D eigenvalue weighted by Gasteiger charge is -2.24. The van der Waals surface area contributed by atoms with Crippen molar-refractivity contribution < 1.29 is 9.59 Å². The van der Waals surface area contributed by atoms with E-state index in [1.807, 2.05) is 18.0 Å². The number of carbonyl (C=O) groups excluding carboxylic acids is 2. The summed E-state index contributed by atoms with van der Waals surface area (Å²) in [5.74, 6) is -0.250. The molecule has 0 aromatic carbocycles. The Hall–Kier alpha value is -1.82. The highest BCUT2D eigenvalue weighted by Gasteiger charge is 2.29. The summed E-state index contributed by atoms with van der Waals surface area (Å²) in [6, 6.07) is 3.91. The van der Waals surface area contributed by atoms with E-state index < -0.39 is 0 Å². The number of rotatable bonds is 5. The number of aromatic amines is 1. The van der Waals surface area contributed by atoms with Gasteiger partial charge in [0.25, 0.3) is 5.91 Å². The number of H-pyrrole nitrogens is 1. The summed E-state index contributed by atoms with van der Waals surface area (Å²) in [6.45, 7) is 2.10. The van der Waals surface area contributed by atoms with Crippen molar-refractivity contribution in [3.8, 4) is 0 Å². The second kappa shape index (κ2) is 5.88. The number of nitrogens with one attached hydrogen (secondary N) is 1. The molecule has 1 aliphatic heterocycles. The van der Waals surface area contributed by atoms with Crippen LogP contribution in [0.15, 0.2) is 18.3 Å². The number of likely N-dealkylation sites (tertiary alicyclic amines) is 1. The van der Waals surface area contributed by atoms with Crippen LogP contribution in [0.2, 0.25) is 0 Å². The van der Waals surface area contributed by atoms with E-state index in [0.717, 1.165) is 13.0 Å². The highest BCUT2D eigenvalue weighted by atomic mass is 16.2. The number of primary amides is 1. The Morgan fingerprint density at radius 1 is 1.58 bits per heavy atom. The molecular weight excluding hydrogens is 244 g/mol. The fourth-order valence-electron chi connectivity index (χ4n) is 2.39. The summed E-state index contributed by atoms with van der Waals surface area (Å²) < 4.78 is 0. The molecule has 1 fully saturated rings. The first-order chi connectivity index (χ1) is 9.08. The van der Waals surface area contributed by atoms with Crippen LogP contribution >= 0.6 is 0 Å². The molecular formula is C13H20N4O2. The van der Waals surface area contributed by atoms with Crippen molar-refractivity contribution in [3.05, 3.63) is 24.0 Å². The monoisotopic (exact) mass is 264 g/mol. The van der Waals surface area contributed by atoms with Crippen LogP contribution in [0.4, 0.5) is 0 Å². The molecule has 6 heteroatoms. The van der Waals surface area contributed by atoms with Crippen molar-refractivity contribution in [1.29, 1.82) is 0 Å². The largest absolute Gasteiger partial charge is 0.370 e. The average molecular weight is 264 g/mol. The average Bonchev–Trinajstić information content (AvgIpc) is 3.05. The summed E-state index contributed by atoms with van der Waals surface area (Å²) in [6.07, 6.45) is 3.04. The summed E-state index contributed by atoms with van der Waals surface area (Å²) in [4.78, 5) is 29.8. The minimum atomic E-state index is -0.288. The van der Waals surface area contributed by atoms with E-state index >= 15 is 0 Å². The first-order valence-electron chi connectivity index (χ1n) is 6.49. The van der Waals surface area contributed by atoms with E-state index in [2.05, 4.69) is 9.88 Å². The van der Waals surface area contributed by atoms with E-state index in [1.165, 1.54) is 0 Å². The number of likely N-dealkylation sites (N-methyl/N-ethyl adjacent to an activating group) is 1. The molecule has 1 aromatic rings. The second-order valence-electron chi connectivity index (χ2n) is 4.97. The van der Waals surface area contributed by atoms with Gasteiger partial charge in [0.2, 0.25) is 5.91 Å². The highest BCUT2D eigenvalue weighted by molar-refractivity contribution is 5.92. The smallest absolute Gasteiger partial charge is 0.270 e. The van der Waals surface area contributed by atoms with Gasteiger partial charge < -0.3 is 20.5 Å². The lowest BCUT2D eigenvalue weighted by Crippen LogP contribution is -2.38. The molecule has 1 aliphatic rings. The molecule has 3 N–H and O–H groups in total. The Kier molecular flexibility index (Phi) is 4.21. The van der Waals surface area contributed by atoms with Gasteiger partial charge in [-0.1, -0.05) is 0 Å². The molecule has 2 rings (SSSR count). The standard InChI is InChI=1S/C13H20N4O2/c1-16(7-5-12(14)18)10-4-8-17(9-10)13(19)11-3-2-6-15-11/h2-3,6,10,15H,4-5,7-9H2,1H3,(H2,14,18)/t10-/m0/s1. The number of aromatic nitrogens is 1. The first-order valence-corrected chi connectivity index (χ1v) is 6.49. The number of hydrogen-bond acceptors (Lipinski definition) is 3. The second-order valence-corrected chi connectivity index (χ2v) is 4.97. The third kappa shape index (κ3) is 3.35. The molecule has 1 atom stereocenters. The first kappa shape index (κ1) is 13.6. The summed E-state index contributed by atoms with van der Waals surface area (Å²) in [5.41, 5.74) is 5.77. The zero-order valence-corrected chi connectivity index (χ0v) is 11.1. The Morgan fingerprint density at radius 2 is 2.37 bits per heavy atom. The molecule has 2 amide bonds. The molecule has 19 heavy (non-hydrogen) atoms. The predicted octanol–water partition coefficient (Wildman–Crippen LogP) is 0.0364. The predicted molar refractivity (Wildman–Crippen MR) is 71.5 cm³/mol. The van der Waals surface area contributed by atoms with Crippen molar-refractivity contribution in [2.75, 3.05) is 26.7 Å². The normalized spacial score (nSPS) is 19.1. The zero-order chi connectivity index (χ0) is 13.8. The number of nitrogens with zero attached hydrogens (tertiary/aromatic N) is 2. The van der Waals surface area contributed by atoms with E-state index in [0.29, 0.717) is 31.2 Å². The van der Waals surface area contributed by atoms with Gasteiger partial charge in [-0.15, -0.1) is 0 Å². The van der Waals surface area contributed by atoms with E-state index in [1.54, 1.807) is 12.3 Å². The Balaban J connectivity index is 1.86. The Morgan fingerprint density at radius 3 is 3.00 bits per heavy atom. The fraction of sp³-hybridized carbons (Fsp3) is 0.538. The molecule has 0 radical (unpaired) electrons. The number of hydrogen-bond donors (Lipinski definition) is 2. The molecule has 0 aliphatic carbocycles. The summed E-state index contributed by atoms with van der Waals surface area (Å²) in [5, 5.41) is 0. The lowest BCUT2D eigenvalue weighted by atomic mass is 10.2. The Bertz CT molecular complexity index is 444. The van der Waals surface area contributed by atoms with Gasteiger partial charge in [0, 0.05) is 38.3 Å². The van der Waals surface area contributed by atoms with Crippen LogP contribution in [-0.2, 0) is 4.79 Å². The van der Waals surface area contributed by atoms with Crippen LogP contribution in [0.3, 0.4) is 0 Å². The molecule has 0 spiro atoms. The third-order valence-corrected chi connectivity index (χ3v) is 3.61. The molecule has 0 unspecified atom stereocenters. The molecule has 0 bridgehead atoms. The van der Waals surface area contributed by atoms with Crippen molar-refractivity contribution in [2.24, 2.45) is 5.73 Å². The van der Waals surface area contributed by atoms with Crippen molar-refractivity contribution in [1.82, 2.24) is 14.8 Å². The van der Waals surface area contributed by atoms with Crippen LogP contribution < -0.4 is 5.73 Å². The van der Waals surface area contributed by atoms with Gasteiger partial charge in [-0.25, -0.2) is 0 Å². The quantitative estimate of drug-likeness (QED) is 0.787. The van der Waals surface area contributed by atoms with E-state index in [9.17, 15) is 9.59 Å². The maximum absolute atomic E-state index is 12.1. The molecule has 0 saturated carbocycles. The van der Waals surface area contributed by atoms with Gasteiger partial charge in [0.15, 0.2) is 0 Å². The number of carbonyl (C=O) groups is 2. The lowest BCUT2D eigenvalue weighted by molar-refractivity contribution is -0.118. The number of amides is 2. The number of nitrogens with two attached hydrogens (primary N) is 1. The van der Waals surface area contributed by atoms with Crippen molar-refractivity contribution >= 4 is 11.8 Å². The van der Waals surface area contributed by atoms with Crippen LogP contribution in [0.1, 0.15) is 23.3 Å². The Labute approximate surface area is 112 Å². The van der Waals surface area contributed by atoms with E-state index in [-0.39, 0.29) is 11.8 Å². The van der Waals surface area contributed by atoms with Crippen molar-refractivity contribution in [3.63, 3.8) is 0 Å². The summed E-state index contributed by atoms with van der Waals surface area (Å²) >= 11 is 0. The maximum Gasteiger partial charge on any atom is 0.270 e. The van der Waals surface area contributed by atoms with Crippen LogP contribution in [0.25, 0.3) is 0 Å². The van der Waals surface area contributed by atoms with Gasteiger partial charge >= 0.3 is 0 Å². The highest BCUT2D eigenvalue weighted by Crippen LogP contribution is 2.16.